The van der Waals surface area contributed by atoms with Gasteiger partial charge in [-0.2, -0.15) is 0 Å². The lowest BCUT2D eigenvalue weighted by Crippen LogP contribution is -2.29. The molecule has 1 aliphatic heterocycles. The Morgan fingerprint density at radius 2 is 1.93 bits per heavy atom. The van der Waals surface area contributed by atoms with Crippen LogP contribution in [0.5, 0.6) is 0 Å². The number of hydrogen-bond donors (Lipinski definition) is 3. The SMILES string of the molecule is CC1=C(C(=O)OC(C)C)C(C(C)c2ccccc2)c2c(nc(=S)[nH]c2N)N1. The second-order valence-electron chi connectivity index (χ2n) is 7.01. The van der Waals surface area contributed by atoms with Crippen molar-refractivity contribution in [1.29, 1.82) is 0 Å². The van der Waals surface area contributed by atoms with Gasteiger partial charge in [-0.3, -0.25) is 0 Å². The molecule has 0 saturated carbocycles. The predicted molar refractivity (Wildman–Crippen MR) is 109 cm³/mol. The van der Waals surface area contributed by atoms with Crippen molar-refractivity contribution in [1.82, 2.24) is 9.97 Å². The monoisotopic (exact) mass is 384 g/mol. The van der Waals surface area contributed by atoms with Gasteiger partial charge >= 0.3 is 5.97 Å². The van der Waals surface area contributed by atoms with E-state index in [-0.39, 0.29) is 23.9 Å². The van der Waals surface area contributed by atoms with Crippen molar-refractivity contribution in [3.8, 4) is 0 Å². The molecule has 0 saturated heterocycles. The fraction of sp³-hybridized carbons (Fsp3) is 0.350. The molecule has 1 aliphatic rings. The highest BCUT2D eigenvalue weighted by Crippen LogP contribution is 2.47. The van der Waals surface area contributed by atoms with Crippen molar-refractivity contribution in [3.63, 3.8) is 0 Å². The summed E-state index contributed by atoms with van der Waals surface area (Å²) in [5.41, 5.74) is 9.38. The van der Waals surface area contributed by atoms with Gasteiger partial charge in [-0.15, -0.1) is 0 Å². The molecule has 2 heterocycles. The summed E-state index contributed by atoms with van der Waals surface area (Å²) >= 11 is 5.17. The van der Waals surface area contributed by atoms with Gasteiger partial charge in [0.2, 0.25) is 0 Å². The third-order valence-corrected chi connectivity index (χ3v) is 4.91. The molecule has 27 heavy (non-hydrogen) atoms. The number of nitrogen functional groups attached to an aromatic ring is 1. The first kappa shape index (κ1) is 19.1. The van der Waals surface area contributed by atoms with E-state index in [1.54, 1.807) is 0 Å². The van der Waals surface area contributed by atoms with Crippen LogP contribution in [0.15, 0.2) is 41.6 Å². The summed E-state index contributed by atoms with van der Waals surface area (Å²) in [6, 6.07) is 10.0. The van der Waals surface area contributed by atoms with Gasteiger partial charge in [0.15, 0.2) is 4.77 Å². The Labute approximate surface area is 163 Å². The largest absolute Gasteiger partial charge is 0.460 e. The van der Waals surface area contributed by atoms with Crippen LogP contribution in [0.2, 0.25) is 0 Å². The normalized spacial score (nSPS) is 17.3. The molecule has 6 nitrogen and oxygen atoms in total. The number of carbonyl (C=O) groups excluding carboxylic acids is 1. The van der Waals surface area contributed by atoms with E-state index in [0.717, 1.165) is 11.1 Å². The van der Waals surface area contributed by atoms with E-state index >= 15 is 0 Å². The Kier molecular flexibility index (Phi) is 5.32. The molecule has 2 atom stereocenters. The first-order valence-electron chi connectivity index (χ1n) is 8.93. The number of nitrogens with zero attached hydrogens (tertiary/aromatic N) is 1. The first-order chi connectivity index (χ1) is 12.8. The number of aromatic amines is 1. The van der Waals surface area contributed by atoms with Crippen LogP contribution in [0.4, 0.5) is 11.6 Å². The van der Waals surface area contributed by atoms with E-state index in [9.17, 15) is 4.79 Å². The molecule has 1 aromatic heterocycles. The number of hydrogen-bond acceptors (Lipinski definition) is 6. The second-order valence-corrected chi connectivity index (χ2v) is 7.40. The number of fused-ring (bicyclic) bond motifs is 1. The van der Waals surface area contributed by atoms with Crippen LogP contribution in [-0.4, -0.2) is 22.0 Å². The Bertz CT molecular complexity index is 950. The average molecular weight is 385 g/mol. The lowest BCUT2D eigenvalue weighted by molar-refractivity contribution is -0.143. The third kappa shape index (κ3) is 3.73. The van der Waals surface area contributed by atoms with Gasteiger partial charge in [0.1, 0.15) is 11.6 Å². The zero-order valence-corrected chi connectivity index (χ0v) is 16.7. The van der Waals surface area contributed by atoms with Gasteiger partial charge in [0, 0.05) is 17.2 Å². The molecule has 0 radical (unpaired) electrons. The molecule has 0 bridgehead atoms. The fourth-order valence-electron chi connectivity index (χ4n) is 3.54. The highest BCUT2D eigenvalue weighted by Gasteiger charge is 2.38. The highest BCUT2D eigenvalue weighted by atomic mass is 32.1. The van der Waals surface area contributed by atoms with Gasteiger partial charge in [0.25, 0.3) is 0 Å². The maximum absolute atomic E-state index is 12.9. The molecule has 7 heteroatoms. The fourth-order valence-corrected chi connectivity index (χ4v) is 3.74. The van der Waals surface area contributed by atoms with Gasteiger partial charge in [-0.25, -0.2) is 9.78 Å². The standard InChI is InChI=1S/C20H24N4O2S/c1-10(2)26-19(25)15-12(4)22-18-16(17(21)23-20(27)24-18)14(15)11(3)13-8-6-5-7-9-13/h5-11,14H,1-4H3,(H4,21,22,23,24,27). The van der Waals surface area contributed by atoms with E-state index < -0.39 is 0 Å². The van der Waals surface area contributed by atoms with Crippen LogP contribution in [0.3, 0.4) is 0 Å². The number of benzene rings is 1. The number of nitrogens with two attached hydrogens (primary N) is 1. The Hall–Kier alpha value is -2.67. The number of rotatable bonds is 4. The van der Waals surface area contributed by atoms with E-state index in [1.807, 2.05) is 51.1 Å². The van der Waals surface area contributed by atoms with Crippen LogP contribution in [-0.2, 0) is 9.53 Å². The number of allylic oxidation sites excluding steroid dienone is 1. The number of aromatic nitrogens is 2. The number of ether oxygens (including phenoxy) is 1. The molecule has 4 N–H and O–H groups in total. The number of H-pyrrole nitrogens is 1. The van der Waals surface area contributed by atoms with Crippen molar-refractivity contribution >= 4 is 29.8 Å². The van der Waals surface area contributed by atoms with Crippen molar-refractivity contribution < 1.29 is 9.53 Å². The second kappa shape index (κ2) is 7.52. The minimum absolute atomic E-state index is 0.0230. The van der Waals surface area contributed by atoms with Gasteiger partial charge in [-0.05, 0) is 44.5 Å². The lowest BCUT2D eigenvalue weighted by atomic mass is 9.76. The van der Waals surface area contributed by atoms with Crippen LogP contribution in [0.1, 0.15) is 50.7 Å². The predicted octanol–water partition coefficient (Wildman–Crippen LogP) is 4.26. The van der Waals surface area contributed by atoms with Gasteiger partial charge in [0.05, 0.1) is 11.7 Å². The van der Waals surface area contributed by atoms with Crippen molar-refractivity contribution in [2.75, 3.05) is 11.1 Å². The van der Waals surface area contributed by atoms with Gasteiger partial charge < -0.3 is 20.8 Å². The summed E-state index contributed by atoms with van der Waals surface area (Å²) in [6.07, 6.45) is -0.219. The molecule has 0 amide bonds. The number of esters is 1. The first-order valence-corrected chi connectivity index (χ1v) is 9.33. The number of anilines is 2. The minimum atomic E-state index is -0.352. The molecule has 3 rings (SSSR count). The summed E-state index contributed by atoms with van der Waals surface area (Å²) < 4.78 is 5.82. The molecule has 2 aromatic rings. The maximum atomic E-state index is 12.9. The Morgan fingerprint density at radius 3 is 2.56 bits per heavy atom. The Morgan fingerprint density at radius 1 is 1.26 bits per heavy atom. The zero-order valence-electron chi connectivity index (χ0n) is 15.9. The number of carbonyl (C=O) groups is 1. The molecule has 0 spiro atoms. The molecule has 0 aliphatic carbocycles. The van der Waals surface area contributed by atoms with Gasteiger partial charge in [-0.1, -0.05) is 37.3 Å². The topological polar surface area (TPSA) is 93.0 Å². The third-order valence-electron chi connectivity index (χ3n) is 4.72. The van der Waals surface area contributed by atoms with Crippen molar-refractivity contribution in [3.05, 3.63) is 57.5 Å². The molecule has 2 unspecified atom stereocenters. The highest BCUT2D eigenvalue weighted by molar-refractivity contribution is 7.71. The van der Waals surface area contributed by atoms with E-state index in [2.05, 4.69) is 22.2 Å². The number of nitrogens with one attached hydrogen (secondary N) is 2. The Balaban J connectivity index is 2.19. The summed E-state index contributed by atoms with van der Waals surface area (Å²) in [5.74, 6) is 0.310. The van der Waals surface area contributed by atoms with E-state index in [4.69, 9.17) is 22.7 Å². The molecule has 0 fully saturated rings. The van der Waals surface area contributed by atoms with Crippen molar-refractivity contribution in [2.45, 2.75) is 45.6 Å². The van der Waals surface area contributed by atoms with Crippen LogP contribution in [0.25, 0.3) is 0 Å². The van der Waals surface area contributed by atoms with Crippen LogP contribution >= 0.6 is 12.2 Å². The quantitative estimate of drug-likeness (QED) is 0.539. The summed E-state index contributed by atoms with van der Waals surface area (Å²) in [7, 11) is 0. The minimum Gasteiger partial charge on any atom is -0.460 e. The van der Waals surface area contributed by atoms with E-state index in [1.165, 1.54) is 0 Å². The average Bonchev–Trinajstić information content (AvgIpc) is 2.59. The molecular weight excluding hydrogens is 360 g/mol. The van der Waals surface area contributed by atoms with E-state index in [0.29, 0.717) is 27.7 Å². The lowest BCUT2D eigenvalue weighted by Gasteiger charge is -2.34. The molecular formula is C20H24N4O2S. The summed E-state index contributed by atoms with van der Waals surface area (Å²) in [6.45, 7) is 7.59. The zero-order chi connectivity index (χ0) is 19.7. The van der Waals surface area contributed by atoms with Crippen LogP contribution < -0.4 is 11.1 Å². The molecule has 142 valence electrons. The smallest absolute Gasteiger partial charge is 0.336 e. The molecule has 1 aromatic carbocycles. The summed E-state index contributed by atoms with van der Waals surface area (Å²) in [5, 5.41) is 3.18. The summed E-state index contributed by atoms with van der Waals surface area (Å²) in [4.78, 5) is 20.2. The van der Waals surface area contributed by atoms with Crippen molar-refractivity contribution in [2.24, 2.45) is 0 Å². The maximum Gasteiger partial charge on any atom is 0.336 e. The van der Waals surface area contributed by atoms with Crippen LogP contribution in [0, 0.1) is 4.77 Å².